The van der Waals surface area contributed by atoms with Gasteiger partial charge in [-0.05, 0) is 72.5 Å². The Labute approximate surface area is 240 Å². The molecule has 0 aliphatic carbocycles. The Hall–Kier alpha value is -4.78. The fourth-order valence-electron chi connectivity index (χ4n) is 4.97. The number of aromatic nitrogens is 4. The largest absolute Gasteiger partial charge is 0.458 e. The van der Waals surface area contributed by atoms with Crippen molar-refractivity contribution in [2.45, 2.75) is 45.0 Å². The fraction of sp³-hybridized carbons (Fsp3) is 0.345. The second-order valence-electron chi connectivity index (χ2n) is 10.1. The van der Waals surface area contributed by atoms with E-state index in [0.717, 1.165) is 17.6 Å². The summed E-state index contributed by atoms with van der Waals surface area (Å²) < 4.78 is 36.1. The SMILES string of the molecule is Cc1ccc(-c2nnn(CC(=O)N(Cc3ccc4c(c3)OCO4)[C@H](C(=O)NC[C@@H]3CCCO3)c3ccc(F)cc3)n2)o1. The van der Waals surface area contributed by atoms with E-state index in [1.807, 2.05) is 0 Å². The van der Waals surface area contributed by atoms with Crippen molar-refractivity contribution in [2.75, 3.05) is 19.9 Å². The Kier molecular flexibility index (Phi) is 7.82. The lowest BCUT2D eigenvalue weighted by Gasteiger charge is -2.31. The maximum absolute atomic E-state index is 14.0. The van der Waals surface area contributed by atoms with E-state index < -0.39 is 23.7 Å². The Balaban J connectivity index is 1.31. The first kappa shape index (κ1) is 27.4. The lowest BCUT2D eigenvalue weighted by Crippen LogP contribution is -2.46. The van der Waals surface area contributed by atoms with Gasteiger partial charge in [0.25, 0.3) is 0 Å². The molecule has 2 aromatic carbocycles. The van der Waals surface area contributed by atoms with Gasteiger partial charge in [-0.25, -0.2) is 4.39 Å². The number of furan rings is 1. The first-order chi connectivity index (χ1) is 20.4. The molecule has 13 heteroatoms. The molecule has 4 aromatic rings. The number of hydrogen-bond acceptors (Lipinski definition) is 9. The number of halogens is 1. The van der Waals surface area contributed by atoms with Crippen LogP contribution in [-0.2, 0) is 27.4 Å². The first-order valence-corrected chi connectivity index (χ1v) is 13.6. The zero-order valence-electron chi connectivity index (χ0n) is 22.9. The average Bonchev–Trinajstić information content (AvgIpc) is 3.80. The Morgan fingerprint density at radius 1 is 1.12 bits per heavy atom. The summed E-state index contributed by atoms with van der Waals surface area (Å²) in [7, 11) is 0. The minimum absolute atomic E-state index is 0.0315. The molecule has 0 radical (unpaired) electrons. The number of aryl methyl sites for hydroxylation is 1. The lowest BCUT2D eigenvalue weighted by atomic mass is 10.0. The van der Waals surface area contributed by atoms with Gasteiger partial charge in [0.2, 0.25) is 24.4 Å². The van der Waals surface area contributed by atoms with Crippen molar-refractivity contribution in [3.8, 4) is 23.1 Å². The van der Waals surface area contributed by atoms with Crippen LogP contribution in [0.25, 0.3) is 11.6 Å². The number of ether oxygens (including phenoxy) is 3. The smallest absolute Gasteiger partial charge is 0.247 e. The summed E-state index contributed by atoms with van der Waals surface area (Å²) in [6.45, 7) is 2.55. The Morgan fingerprint density at radius 2 is 1.95 bits per heavy atom. The molecule has 0 saturated carbocycles. The number of carbonyl (C=O) groups is 2. The van der Waals surface area contributed by atoms with E-state index in [1.54, 1.807) is 37.3 Å². The molecule has 2 aliphatic heterocycles. The predicted octanol–water partition coefficient (Wildman–Crippen LogP) is 3.17. The molecule has 2 aliphatic rings. The molecule has 42 heavy (non-hydrogen) atoms. The van der Waals surface area contributed by atoms with Crippen molar-refractivity contribution in [2.24, 2.45) is 0 Å². The van der Waals surface area contributed by atoms with Crippen molar-refractivity contribution in [3.63, 3.8) is 0 Å². The summed E-state index contributed by atoms with van der Waals surface area (Å²) in [4.78, 5) is 30.3. The average molecular weight is 577 g/mol. The molecule has 12 nitrogen and oxygen atoms in total. The fourth-order valence-corrected chi connectivity index (χ4v) is 4.97. The highest BCUT2D eigenvalue weighted by molar-refractivity contribution is 5.88. The monoisotopic (exact) mass is 576 g/mol. The van der Waals surface area contributed by atoms with Crippen molar-refractivity contribution < 1.29 is 32.6 Å². The van der Waals surface area contributed by atoms with Crippen LogP contribution in [0.5, 0.6) is 11.5 Å². The number of carbonyl (C=O) groups excluding carboxylic acids is 2. The molecule has 6 rings (SSSR count). The number of hydrogen-bond donors (Lipinski definition) is 1. The minimum Gasteiger partial charge on any atom is -0.458 e. The topological polar surface area (TPSA) is 134 Å². The maximum Gasteiger partial charge on any atom is 0.247 e. The highest BCUT2D eigenvalue weighted by Crippen LogP contribution is 2.34. The number of benzene rings is 2. The molecule has 0 unspecified atom stereocenters. The summed E-state index contributed by atoms with van der Waals surface area (Å²) in [5.41, 5.74) is 1.14. The third-order valence-electron chi connectivity index (χ3n) is 7.07. The summed E-state index contributed by atoms with van der Waals surface area (Å²) in [5.74, 6) is 1.11. The Bertz CT molecular complexity index is 1560. The van der Waals surface area contributed by atoms with Crippen LogP contribution >= 0.6 is 0 Å². The van der Waals surface area contributed by atoms with Gasteiger partial charge in [-0.1, -0.05) is 18.2 Å². The predicted molar refractivity (Wildman–Crippen MR) is 144 cm³/mol. The molecule has 2 atom stereocenters. The van der Waals surface area contributed by atoms with Crippen LogP contribution < -0.4 is 14.8 Å². The minimum atomic E-state index is -1.10. The van der Waals surface area contributed by atoms with Crippen molar-refractivity contribution in [3.05, 3.63) is 77.3 Å². The number of amides is 2. The quantitative estimate of drug-likeness (QED) is 0.302. The van der Waals surface area contributed by atoms with Gasteiger partial charge in [0, 0.05) is 19.7 Å². The van der Waals surface area contributed by atoms with Gasteiger partial charge in [-0.15, -0.1) is 10.2 Å². The maximum atomic E-state index is 14.0. The molecule has 1 fully saturated rings. The summed E-state index contributed by atoms with van der Waals surface area (Å²) in [6, 6.07) is 13.2. The second-order valence-corrected chi connectivity index (χ2v) is 10.1. The molecule has 0 bridgehead atoms. The van der Waals surface area contributed by atoms with E-state index in [9.17, 15) is 14.0 Å². The van der Waals surface area contributed by atoms with Gasteiger partial charge >= 0.3 is 0 Å². The standard InChI is InChI=1S/C29H29FN6O6/c1-18-4-10-24(42-18)28-32-34-36(33-28)16-26(37)35(15-19-5-11-23-25(13-19)41-17-40-23)27(20-6-8-21(30)9-7-20)29(38)31-14-22-3-2-12-39-22/h4-11,13,22,27H,2-3,12,14-17H2,1H3,(H,31,38)/t22-,27-/m0/s1. The highest BCUT2D eigenvalue weighted by atomic mass is 19.1. The van der Waals surface area contributed by atoms with Crippen LogP contribution in [0.4, 0.5) is 4.39 Å². The van der Waals surface area contributed by atoms with Crippen LogP contribution in [0.3, 0.4) is 0 Å². The van der Waals surface area contributed by atoms with Crippen molar-refractivity contribution in [1.29, 1.82) is 0 Å². The van der Waals surface area contributed by atoms with E-state index in [1.165, 1.54) is 29.2 Å². The van der Waals surface area contributed by atoms with Gasteiger partial charge < -0.3 is 28.8 Å². The Morgan fingerprint density at radius 3 is 2.71 bits per heavy atom. The van der Waals surface area contributed by atoms with E-state index in [4.69, 9.17) is 18.6 Å². The molecule has 4 heterocycles. The molecular formula is C29H29FN6O6. The number of nitrogens with zero attached hydrogens (tertiary/aromatic N) is 5. The number of tetrazole rings is 1. The van der Waals surface area contributed by atoms with E-state index in [2.05, 4.69) is 20.7 Å². The lowest BCUT2D eigenvalue weighted by molar-refractivity contribution is -0.142. The number of fused-ring (bicyclic) bond motifs is 1. The zero-order chi connectivity index (χ0) is 29.1. The number of nitrogens with one attached hydrogen (secondary N) is 1. The molecular weight excluding hydrogens is 547 g/mol. The van der Waals surface area contributed by atoms with Crippen LogP contribution in [0.2, 0.25) is 0 Å². The third kappa shape index (κ3) is 6.10. The molecule has 2 aromatic heterocycles. The summed E-state index contributed by atoms with van der Waals surface area (Å²) in [6.07, 6.45) is 1.64. The molecule has 0 spiro atoms. The van der Waals surface area contributed by atoms with Crippen LogP contribution in [0.1, 0.15) is 35.8 Å². The highest BCUT2D eigenvalue weighted by Gasteiger charge is 2.33. The van der Waals surface area contributed by atoms with E-state index in [-0.39, 0.29) is 31.8 Å². The number of rotatable bonds is 10. The summed E-state index contributed by atoms with van der Waals surface area (Å²) >= 11 is 0. The second kappa shape index (κ2) is 12.0. The van der Waals surface area contributed by atoms with Crippen LogP contribution in [-0.4, -0.2) is 63.0 Å². The van der Waals surface area contributed by atoms with Gasteiger partial charge in [-0.2, -0.15) is 4.80 Å². The normalized spacial score (nSPS) is 16.4. The van der Waals surface area contributed by atoms with Crippen molar-refractivity contribution >= 4 is 11.8 Å². The van der Waals surface area contributed by atoms with Gasteiger partial charge in [0.05, 0.1) is 6.10 Å². The first-order valence-electron chi connectivity index (χ1n) is 13.6. The molecule has 1 saturated heterocycles. The molecule has 1 N–H and O–H groups in total. The van der Waals surface area contributed by atoms with Crippen LogP contribution in [0.15, 0.2) is 59.0 Å². The van der Waals surface area contributed by atoms with E-state index in [0.29, 0.717) is 47.3 Å². The van der Waals surface area contributed by atoms with Crippen molar-refractivity contribution in [1.82, 2.24) is 30.4 Å². The summed E-state index contributed by atoms with van der Waals surface area (Å²) in [5, 5.41) is 15.3. The van der Waals surface area contributed by atoms with Gasteiger partial charge in [0.1, 0.15) is 24.2 Å². The van der Waals surface area contributed by atoms with Gasteiger partial charge in [0.15, 0.2) is 17.3 Å². The molecule has 218 valence electrons. The zero-order valence-corrected chi connectivity index (χ0v) is 22.9. The van der Waals surface area contributed by atoms with Gasteiger partial charge in [-0.3, -0.25) is 9.59 Å². The van der Waals surface area contributed by atoms with E-state index >= 15 is 0 Å². The third-order valence-corrected chi connectivity index (χ3v) is 7.07. The van der Waals surface area contributed by atoms with Crippen LogP contribution in [0, 0.1) is 12.7 Å². The molecule has 2 amide bonds.